The largest absolute Gasteiger partial charge is 0.356 e. The van der Waals surface area contributed by atoms with E-state index >= 15 is 0 Å². The number of carbonyl (C=O) groups is 1. The van der Waals surface area contributed by atoms with E-state index in [1.54, 1.807) is 6.92 Å². The SMILES string of the molecule is CC(=O)N[C@@H]1CC[C@H](n2cc(C)c(=O)[nH]c2=O)OC1. The molecule has 7 heteroatoms. The van der Waals surface area contributed by atoms with Crippen molar-refractivity contribution in [3.05, 3.63) is 32.6 Å². The first-order chi connectivity index (χ1) is 8.97. The highest BCUT2D eigenvalue weighted by Crippen LogP contribution is 2.21. The molecule has 1 saturated heterocycles. The number of rotatable bonds is 2. The Morgan fingerprint density at radius 2 is 2.21 bits per heavy atom. The van der Waals surface area contributed by atoms with E-state index < -0.39 is 11.9 Å². The van der Waals surface area contributed by atoms with Gasteiger partial charge in [0.2, 0.25) is 5.91 Å². The monoisotopic (exact) mass is 267 g/mol. The minimum atomic E-state index is -0.474. The topological polar surface area (TPSA) is 93.2 Å². The number of hydrogen-bond acceptors (Lipinski definition) is 4. The molecule has 1 aliphatic heterocycles. The Morgan fingerprint density at radius 3 is 2.79 bits per heavy atom. The summed E-state index contributed by atoms with van der Waals surface area (Å²) in [5.41, 5.74) is -0.390. The molecule has 2 atom stereocenters. The number of carbonyl (C=O) groups excluding carboxylic acids is 1. The average Bonchev–Trinajstić information content (AvgIpc) is 2.34. The number of amides is 1. The summed E-state index contributed by atoms with van der Waals surface area (Å²) in [6.07, 6.45) is 2.45. The highest BCUT2D eigenvalue weighted by Gasteiger charge is 2.24. The molecule has 104 valence electrons. The molecule has 0 aliphatic carbocycles. The van der Waals surface area contributed by atoms with Crippen LogP contribution >= 0.6 is 0 Å². The Morgan fingerprint density at radius 1 is 1.47 bits per heavy atom. The molecule has 19 heavy (non-hydrogen) atoms. The first kappa shape index (κ1) is 13.5. The second kappa shape index (κ2) is 5.40. The molecule has 2 N–H and O–H groups in total. The minimum absolute atomic E-state index is 0.0201. The highest BCUT2D eigenvalue weighted by atomic mass is 16.5. The Labute approximate surface area is 109 Å². The Balaban J connectivity index is 2.10. The zero-order valence-electron chi connectivity index (χ0n) is 10.9. The van der Waals surface area contributed by atoms with Crippen LogP contribution in [0.15, 0.2) is 15.8 Å². The van der Waals surface area contributed by atoms with Gasteiger partial charge in [0.15, 0.2) is 0 Å². The summed E-state index contributed by atoms with van der Waals surface area (Å²) in [5, 5.41) is 2.78. The van der Waals surface area contributed by atoms with Gasteiger partial charge in [0.05, 0.1) is 12.6 Å². The molecule has 7 nitrogen and oxygen atoms in total. The van der Waals surface area contributed by atoms with Crippen molar-refractivity contribution in [3.63, 3.8) is 0 Å². The average molecular weight is 267 g/mol. The zero-order chi connectivity index (χ0) is 14.0. The lowest BCUT2D eigenvalue weighted by atomic mass is 10.1. The van der Waals surface area contributed by atoms with Crippen LogP contribution in [0.1, 0.15) is 31.6 Å². The number of nitrogens with zero attached hydrogens (tertiary/aromatic N) is 1. The number of hydrogen-bond donors (Lipinski definition) is 2. The number of aromatic nitrogens is 2. The molecule has 0 bridgehead atoms. The molecule has 2 rings (SSSR count). The molecule has 0 saturated carbocycles. The molecular weight excluding hydrogens is 250 g/mol. The third kappa shape index (κ3) is 3.11. The van der Waals surface area contributed by atoms with E-state index in [1.807, 2.05) is 0 Å². The maximum absolute atomic E-state index is 11.7. The van der Waals surface area contributed by atoms with E-state index in [0.29, 0.717) is 18.6 Å². The van der Waals surface area contributed by atoms with Crippen LogP contribution in [0.25, 0.3) is 0 Å². The van der Waals surface area contributed by atoms with Gasteiger partial charge in [-0.05, 0) is 19.8 Å². The fourth-order valence-electron chi connectivity index (χ4n) is 2.16. The highest BCUT2D eigenvalue weighted by molar-refractivity contribution is 5.73. The Hall–Kier alpha value is -1.89. The summed E-state index contributed by atoms with van der Waals surface area (Å²) in [4.78, 5) is 36.2. The summed E-state index contributed by atoms with van der Waals surface area (Å²) in [6, 6.07) is -0.0201. The van der Waals surface area contributed by atoms with Crippen molar-refractivity contribution in [2.24, 2.45) is 0 Å². The number of nitrogens with one attached hydrogen (secondary N) is 2. The molecule has 1 aromatic rings. The van der Waals surface area contributed by atoms with Crippen molar-refractivity contribution in [1.82, 2.24) is 14.9 Å². The van der Waals surface area contributed by atoms with Crippen molar-refractivity contribution in [3.8, 4) is 0 Å². The standard InChI is InChI=1S/C12H17N3O4/c1-7-5-15(12(18)14-11(7)17)10-4-3-9(6-19-10)13-8(2)16/h5,9-10H,3-4,6H2,1-2H3,(H,13,16)(H,14,17,18)/t9-,10-/m1/s1. The van der Waals surface area contributed by atoms with E-state index in [-0.39, 0.29) is 17.5 Å². The summed E-state index contributed by atoms with van der Waals surface area (Å²) in [6.45, 7) is 3.45. The van der Waals surface area contributed by atoms with Crippen LogP contribution in [-0.4, -0.2) is 28.1 Å². The van der Waals surface area contributed by atoms with Crippen molar-refractivity contribution in [2.45, 2.75) is 39.0 Å². The van der Waals surface area contributed by atoms with Gasteiger partial charge in [-0.25, -0.2) is 4.79 Å². The number of ether oxygens (including phenoxy) is 1. The summed E-state index contributed by atoms with van der Waals surface area (Å²) in [7, 11) is 0. The van der Waals surface area contributed by atoms with Crippen LogP contribution in [-0.2, 0) is 9.53 Å². The van der Waals surface area contributed by atoms with Crippen LogP contribution < -0.4 is 16.6 Å². The normalized spacial score (nSPS) is 23.1. The lowest BCUT2D eigenvalue weighted by Crippen LogP contribution is -2.43. The predicted molar refractivity (Wildman–Crippen MR) is 67.9 cm³/mol. The van der Waals surface area contributed by atoms with Crippen LogP contribution in [0.2, 0.25) is 0 Å². The van der Waals surface area contributed by atoms with Crippen LogP contribution in [0, 0.1) is 6.92 Å². The van der Waals surface area contributed by atoms with E-state index in [9.17, 15) is 14.4 Å². The molecular formula is C12H17N3O4. The van der Waals surface area contributed by atoms with E-state index in [2.05, 4.69) is 10.3 Å². The third-order valence-corrected chi connectivity index (χ3v) is 3.12. The second-order valence-electron chi connectivity index (χ2n) is 4.74. The zero-order valence-corrected chi connectivity index (χ0v) is 10.9. The van der Waals surface area contributed by atoms with Crippen molar-refractivity contribution in [2.75, 3.05) is 6.61 Å². The summed E-state index contributed by atoms with van der Waals surface area (Å²) < 4.78 is 6.97. The maximum Gasteiger partial charge on any atom is 0.330 e. The number of aryl methyl sites for hydroxylation is 1. The van der Waals surface area contributed by atoms with Gasteiger partial charge in [-0.15, -0.1) is 0 Å². The Kier molecular flexibility index (Phi) is 3.84. The second-order valence-corrected chi connectivity index (χ2v) is 4.74. The van der Waals surface area contributed by atoms with Gasteiger partial charge in [-0.3, -0.25) is 19.1 Å². The summed E-state index contributed by atoms with van der Waals surface area (Å²) >= 11 is 0. The van der Waals surface area contributed by atoms with E-state index in [4.69, 9.17) is 4.74 Å². The van der Waals surface area contributed by atoms with Gasteiger partial charge in [0.25, 0.3) is 5.56 Å². The van der Waals surface area contributed by atoms with Crippen molar-refractivity contribution < 1.29 is 9.53 Å². The van der Waals surface area contributed by atoms with E-state index in [1.165, 1.54) is 17.7 Å². The van der Waals surface area contributed by atoms with E-state index in [0.717, 1.165) is 6.42 Å². The minimum Gasteiger partial charge on any atom is -0.356 e. The fraction of sp³-hybridized carbons (Fsp3) is 0.583. The molecule has 0 unspecified atom stereocenters. The molecule has 1 amide bonds. The Bertz CT molecular complexity index is 581. The van der Waals surface area contributed by atoms with Crippen LogP contribution in [0.4, 0.5) is 0 Å². The maximum atomic E-state index is 11.7. The van der Waals surface area contributed by atoms with Crippen molar-refractivity contribution >= 4 is 5.91 Å². The van der Waals surface area contributed by atoms with Gasteiger partial charge in [0.1, 0.15) is 6.23 Å². The van der Waals surface area contributed by atoms with Crippen molar-refractivity contribution in [1.29, 1.82) is 0 Å². The van der Waals surface area contributed by atoms with Crippen LogP contribution in [0.5, 0.6) is 0 Å². The lowest BCUT2D eigenvalue weighted by molar-refractivity contribution is -0.122. The van der Waals surface area contributed by atoms with Crippen LogP contribution in [0.3, 0.4) is 0 Å². The first-order valence-electron chi connectivity index (χ1n) is 6.18. The van der Waals surface area contributed by atoms with Gasteiger partial charge in [0, 0.05) is 18.7 Å². The number of H-pyrrole nitrogens is 1. The molecule has 0 spiro atoms. The lowest BCUT2D eigenvalue weighted by Gasteiger charge is -2.30. The smallest absolute Gasteiger partial charge is 0.330 e. The van der Waals surface area contributed by atoms with Gasteiger partial charge in [-0.1, -0.05) is 0 Å². The molecule has 0 radical (unpaired) electrons. The van der Waals surface area contributed by atoms with Gasteiger partial charge >= 0.3 is 5.69 Å². The fourth-order valence-corrected chi connectivity index (χ4v) is 2.16. The molecule has 1 aromatic heterocycles. The predicted octanol–water partition coefficient (Wildman–Crippen LogP) is -0.341. The third-order valence-electron chi connectivity index (χ3n) is 3.12. The molecule has 1 aliphatic rings. The quantitative estimate of drug-likeness (QED) is 0.766. The first-order valence-corrected chi connectivity index (χ1v) is 6.18. The molecule has 2 heterocycles. The molecule has 0 aromatic carbocycles. The van der Waals surface area contributed by atoms with Gasteiger partial charge < -0.3 is 10.1 Å². The molecule has 1 fully saturated rings. The van der Waals surface area contributed by atoms with Gasteiger partial charge in [-0.2, -0.15) is 0 Å². The number of aromatic amines is 1. The summed E-state index contributed by atoms with van der Waals surface area (Å²) in [5.74, 6) is -0.0934.